The number of anilines is 1. The molecule has 0 unspecified atom stereocenters. The highest BCUT2D eigenvalue weighted by Crippen LogP contribution is 2.43. The molecule has 1 N–H and O–H groups in total. The second-order valence-electron chi connectivity index (χ2n) is 7.05. The van der Waals surface area contributed by atoms with Gasteiger partial charge in [0.15, 0.2) is 0 Å². The maximum atomic E-state index is 4.97. The molecule has 5 rings (SSSR count). The standard InChI is InChI=1S/C23H21N3/c1-3-16-12-14-17(15-13-16)23(2)25-19-9-5-4-8-18(19)22-24-20-10-6-7-11-21(20)26(22)23/h4-15,25H,3H2,1-2H3/t23-/m0/s1. The van der Waals surface area contributed by atoms with Crippen molar-refractivity contribution < 1.29 is 0 Å². The van der Waals surface area contributed by atoms with Crippen LogP contribution in [0.5, 0.6) is 0 Å². The van der Waals surface area contributed by atoms with Gasteiger partial charge in [0, 0.05) is 11.3 Å². The number of nitrogens with zero attached hydrogens (tertiary/aromatic N) is 2. The maximum Gasteiger partial charge on any atom is 0.145 e. The molecule has 0 saturated heterocycles. The third-order valence-corrected chi connectivity index (χ3v) is 5.48. The van der Waals surface area contributed by atoms with E-state index in [1.54, 1.807) is 0 Å². The van der Waals surface area contributed by atoms with E-state index in [0.717, 1.165) is 34.5 Å². The first-order chi connectivity index (χ1) is 12.7. The number of hydrogen-bond acceptors (Lipinski definition) is 2. The van der Waals surface area contributed by atoms with E-state index in [1.807, 2.05) is 6.07 Å². The summed E-state index contributed by atoms with van der Waals surface area (Å²) in [6.45, 7) is 4.43. The third kappa shape index (κ3) is 2.03. The zero-order valence-electron chi connectivity index (χ0n) is 15.0. The first-order valence-electron chi connectivity index (χ1n) is 9.15. The fourth-order valence-corrected chi connectivity index (χ4v) is 4.03. The van der Waals surface area contributed by atoms with Gasteiger partial charge in [-0.1, -0.05) is 55.5 Å². The lowest BCUT2D eigenvalue weighted by Crippen LogP contribution is -2.42. The largest absolute Gasteiger partial charge is 0.358 e. The monoisotopic (exact) mass is 339 g/mol. The number of benzene rings is 3. The first kappa shape index (κ1) is 15.2. The minimum Gasteiger partial charge on any atom is -0.358 e. The molecule has 0 spiro atoms. The zero-order valence-corrected chi connectivity index (χ0v) is 15.0. The highest BCUT2D eigenvalue weighted by atomic mass is 15.3. The van der Waals surface area contributed by atoms with Gasteiger partial charge >= 0.3 is 0 Å². The Morgan fingerprint density at radius 3 is 2.46 bits per heavy atom. The van der Waals surface area contributed by atoms with Crippen LogP contribution in [0, 0.1) is 0 Å². The molecular formula is C23H21N3. The fraction of sp³-hybridized carbons (Fsp3) is 0.174. The Balaban J connectivity index is 1.83. The van der Waals surface area contributed by atoms with Gasteiger partial charge in [0.05, 0.1) is 11.0 Å². The Hall–Kier alpha value is -3.07. The van der Waals surface area contributed by atoms with Crippen LogP contribution in [-0.2, 0) is 12.1 Å². The summed E-state index contributed by atoms with van der Waals surface area (Å²) in [6.07, 6.45) is 1.05. The van der Waals surface area contributed by atoms with Crippen LogP contribution >= 0.6 is 0 Å². The van der Waals surface area contributed by atoms with Crippen LogP contribution in [0.15, 0.2) is 72.8 Å². The molecule has 128 valence electrons. The lowest BCUT2D eigenvalue weighted by atomic mass is 9.94. The van der Waals surface area contributed by atoms with E-state index < -0.39 is 5.66 Å². The number of nitrogens with one attached hydrogen (secondary N) is 1. The normalized spacial score (nSPS) is 18.2. The Kier molecular flexibility index (Phi) is 3.20. The third-order valence-electron chi connectivity index (χ3n) is 5.48. The molecule has 0 fully saturated rings. The number of hydrogen-bond donors (Lipinski definition) is 1. The van der Waals surface area contributed by atoms with E-state index in [1.165, 1.54) is 11.1 Å². The van der Waals surface area contributed by atoms with Gasteiger partial charge in [-0.3, -0.25) is 4.57 Å². The van der Waals surface area contributed by atoms with Gasteiger partial charge in [-0.15, -0.1) is 0 Å². The predicted octanol–water partition coefficient (Wildman–Crippen LogP) is 5.41. The van der Waals surface area contributed by atoms with E-state index in [-0.39, 0.29) is 0 Å². The minimum atomic E-state index is -0.397. The fourth-order valence-electron chi connectivity index (χ4n) is 4.03. The zero-order chi connectivity index (χ0) is 17.7. The van der Waals surface area contributed by atoms with Crippen LogP contribution in [0.3, 0.4) is 0 Å². The molecule has 0 aliphatic carbocycles. The van der Waals surface area contributed by atoms with Crippen LogP contribution in [0.2, 0.25) is 0 Å². The molecule has 1 atom stereocenters. The van der Waals surface area contributed by atoms with Crippen LogP contribution in [0.4, 0.5) is 5.69 Å². The van der Waals surface area contributed by atoms with E-state index in [2.05, 4.69) is 90.5 Å². The molecule has 0 radical (unpaired) electrons. The summed E-state index contributed by atoms with van der Waals surface area (Å²) in [4.78, 5) is 4.97. The van der Waals surface area contributed by atoms with Gasteiger partial charge in [0.25, 0.3) is 0 Å². The van der Waals surface area contributed by atoms with Crippen LogP contribution in [-0.4, -0.2) is 9.55 Å². The van der Waals surface area contributed by atoms with Crippen molar-refractivity contribution in [2.24, 2.45) is 0 Å². The number of rotatable bonds is 2. The van der Waals surface area contributed by atoms with Crippen molar-refractivity contribution in [2.75, 3.05) is 5.32 Å². The summed E-state index contributed by atoms with van der Waals surface area (Å²) in [7, 11) is 0. The molecule has 0 saturated carbocycles. The van der Waals surface area contributed by atoms with Crippen molar-refractivity contribution in [1.29, 1.82) is 0 Å². The molecule has 3 heteroatoms. The van der Waals surface area contributed by atoms with Gasteiger partial charge in [0.1, 0.15) is 11.5 Å². The lowest BCUT2D eigenvalue weighted by molar-refractivity contribution is 0.463. The Morgan fingerprint density at radius 1 is 0.923 bits per heavy atom. The summed E-state index contributed by atoms with van der Waals surface area (Å²) >= 11 is 0. The Bertz CT molecular complexity index is 1110. The van der Waals surface area contributed by atoms with Crippen molar-refractivity contribution in [3.63, 3.8) is 0 Å². The van der Waals surface area contributed by atoms with E-state index in [4.69, 9.17) is 4.98 Å². The van der Waals surface area contributed by atoms with Crippen molar-refractivity contribution >= 4 is 16.7 Å². The maximum absolute atomic E-state index is 4.97. The van der Waals surface area contributed by atoms with Crippen LogP contribution < -0.4 is 5.32 Å². The predicted molar refractivity (Wildman–Crippen MR) is 107 cm³/mol. The van der Waals surface area contributed by atoms with Gasteiger partial charge in [-0.25, -0.2) is 4.98 Å². The SMILES string of the molecule is CCc1ccc([C@@]2(C)Nc3ccccc3-c3nc4ccccc4n32)cc1. The number of aromatic nitrogens is 2. The summed E-state index contributed by atoms with van der Waals surface area (Å²) in [5.74, 6) is 1.02. The summed E-state index contributed by atoms with van der Waals surface area (Å²) in [6, 6.07) is 25.7. The average Bonchev–Trinajstić information content (AvgIpc) is 3.09. The molecule has 0 amide bonds. The molecule has 3 nitrogen and oxygen atoms in total. The molecule has 26 heavy (non-hydrogen) atoms. The number of aryl methyl sites for hydroxylation is 1. The van der Waals surface area contributed by atoms with E-state index in [9.17, 15) is 0 Å². The van der Waals surface area contributed by atoms with Gasteiger partial charge < -0.3 is 5.32 Å². The van der Waals surface area contributed by atoms with Gasteiger partial charge in [-0.2, -0.15) is 0 Å². The Labute approximate surface area is 153 Å². The van der Waals surface area contributed by atoms with Crippen LogP contribution in [0.25, 0.3) is 22.4 Å². The smallest absolute Gasteiger partial charge is 0.145 e. The summed E-state index contributed by atoms with van der Waals surface area (Å²) < 4.78 is 2.34. The highest BCUT2D eigenvalue weighted by molar-refractivity contribution is 5.87. The minimum absolute atomic E-state index is 0.397. The van der Waals surface area contributed by atoms with Crippen molar-refractivity contribution in [2.45, 2.75) is 25.9 Å². The molecule has 0 bridgehead atoms. The molecule has 1 aliphatic heterocycles. The number of para-hydroxylation sites is 3. The highest BCUT2D eigenvalue weighted by Gasteiger charge is 2.37. The van der Waals surface area contributed by atoms with E-state index >= 15 is 0 Å². The average molecular weight is 339 g/mol. The molecule has 2 heterocycles. The second kappa shape index (κ2) is 5.46. The van der Waals surface area contributed by atoms with Crippen molar-refractivity contribution in [3.8, 4) is 11.4 Å². The topological polar surface area (TPSA) is 29.9 Å². The van der Waals surface area contributed by atoms with E-state index in [0.29, 0.717) is 0 Å². The Morgan fingerprint density at radius 2 is 1.65 bits per heavy atom. The molecular weight excluding hydrogens is 318 g/mol. The van der Waals surface area contributed by atoms with Crippen LogP contribution in [0.1, 0.15) is 25.0 Å². The summed E-state index contributed by atoms with van der Waals surface area (Å²) in [5, 5.41) is 3.78. The second-order valence-corrected chi connectivity index (χ2v) is 7.05. The van der Waals surface area contributed by atoms with Gasteiger partial charge in [0.2, 0.25) is 0 Å². The number of fused-ring (bicyclic) bond motifs is 5. The molecule has 4 aromatic rings. The molecule has 3 aromatic carbocycles. The van der Waals surface area contributed by atoms with Crippen molar-refractivity contribution in [1.82, 2.24) is 9.55 Å². The summed E-state index contributed by atoms with van der Waals surface area (Å²) in [5.41, 5.74) is 6.62. The molecule has 1 aromatic heterocycles. The van der Waals surface area contributed by atoms with Gasteiger partial charge in [-0.05, 0) is 48.7 Å². The van der Waals surface area contributed by atoms with Crippen molar-refractivity contribution in [3.05, 3.63) is 83.9 Å². The quantitative estimate of drug-likeness (QED) is 0.529. The first-order valence-corrected chi connectivity index (χ1v) is 9.15. The molecule has 1 aliphatic rings. The lowest BCUT2D eigenvalue weighted by Gasteiger charge is -2.40. The number of imidazole rings is 1.